The summed E-state index contributed by atoms with van der Waals surface area (Å²) in [5, 5.41) is 19.9. The van der Waals surface area contributed by atoms with E-state index in [1.54, 1.807) is 12.1 Å². The topological polar surface area (TPSA) is 57.5 Å². The summed E-state index contributed by atoms with van der Waals surface area (Å²) in [6.07, 6.45) is 0. The molecule has 0 saturated heterocycles. The van der Waals surface area contributed by atoms with Crippen LogP contribution in [-0.4, -0.2) is 10.2 Å². The molecule has 0 spiro atoms. The van der Waals surface area contributed by atoms with E-state index in [9.17, 15) is 15.0 Å². The zero-order valence-corrected chi connectivity index (χ0v) is 10.9. The quantitative estimate of drug-likeness (QED) is 0.704. The fourth-order valence-corrected chi connectivity index (χ4v) is 3.53. The Morgan fingerprint density at radius 1 is 0.842 bits per heavy atom. The first-order valence-electron chi connectivity index (χ1n) is 5.94. The summed E-state index contributed by atoms with van der Waals surface area (Å²) in [6, 6.07) is 10.9. The molecule has 0 amide bonds. The van der Waals surface area contributed by atoms with Gasteiger partial charge in [-0.05, 0) is 23.3 Å². The Kier molecular flexibility index (Phi) is 3.06. The number of benzene rings is 2. The fraction of sp³-hybridized carbons (Fsp3) is 0.133. The number of hydrogen-bond donors (Lipinski definition) is 2. The molecule has 0 aliphatic heterocycles. The van der Waals surface area contributed by atoms with Gasteiger partial charge in [0, 0.05) is 20.2 Å². The lowest BCUT2D eigenvalue weighted by Crippen LogP contribution is -2.06. The summed E-state index contributed by atoms with van der Waals surface area (Å²) < 4.78 is 1.72. The molecule has 0 aliphatic carbocycles. The van der Waals surface area contributed by atoms with Gasteiger partial charge < -0.3 is 10.2 Å². The molecular weight excluding hydrogens is 260 g/mol. The molecule has 0 radical (unpaired) electrons. The van der Waals surface area contributed by atoms with Crippen LogP contribution in [0.3, 0.4) is 0 Å². The van der Waals surface area contributed by atoms with Gasteiger partial charge in [-0.2, -0.15) is 0 Å². The lowest BCUT2D eigenvalue weighted by Gasteiger charge is -2.07. The maximum Gasteiger partial charge on any atom is 0.196 e. The smallest absolute Gasteiger partial charge is 0.196 e. The van der Waals surface area contributed by atoms with Gasteiger partial charge in [0.15, 0.2) is 5.43 Å². The second kappa shape index (κ2) is 4.74. The van der Waals surface area contributed by atoms with Crippen LogP contribution in [0.4, 0.5) is 0 Å². The van der Waals surface area contributed by atoms with Crippen molar-refractivity contribution in [2.45, 2.75) is 13.2 Å². The summed E-state index contributed by atoms with van der Waals surface area (Å²) >= 11 is 1.50. The van der Waals surface area contributed by atoms with E-state index < -0.39 is 0 Å². The third kappa shape index (κ3) is 1.85. The molecule has 3 aromatic rings. The van der Waals surface area contributed by atoms with Crippen LogP contribution >= 0.6 is 11.3 Å². The summed E-state index contributed by atoms with van der Waals surface area (Å²) in [6.45, 7) is -0.321. The van der Waals surface area contributed by atoms with Gasteiger partial charge in [-0.25, -0.2) is 0 Å². The zero-order chi connectivity index (χ0) is 13.4. The number of rotatable bonds is 2. The highest BCUT2D eigenvalue weighted by Gasteiger charge is 2.11. The van der Waals surface area contributed by atoms with Crippen LogP contribution < -0.4 is 5.43 Å². The van der Waals surface area contributed by atoms with E-state index in [0.717, 1.165) is 9.40 Å². The Labute approximate surface area is 113 Å². The van der Waals surface area contributed by atoms with E-state index in [1.165, 1.54) is 11.3 Å². The highest BCUT2D eigenvalue weighted by molar-refractivity contribution is 7.24. The van der Waals surface area contributed by atoms with Crippen LogP contribution in [-0.2, 0) is 13.2 Å². The third-order valence-corrected chi connectivity index (χ3v) is 4.36. The Hall–Kier alpha value is -1.75. The average molecular weight is 272 g/mol. The lowest BCUT2D eigenvalue weighted by atomic mass is 10.1. The molecule has 1 aromatic heterocycles. The number of fused-ring (bicyclic) bond motifs is 2. The SMILES string of the molecule is O=c1c2c(CO)cccc2sc2cccc(CO)c12. The van der Waals surface area contributed by atoms with Crippen molar-refractivity contribution >= 4 is 31.5 Å². The van der Waals surface area contributed by atoms with Crippen LogP contribution in [0.25, 0.3) is 20.2 Å². The Balaban J connectivity index is 2.58. The number of hydrogen-bond acceptors (Lipinski definition) is 4. The summed E-state index contributed by atoms with van der Waals surface area (Å²) in [4.78, 5) is 12.6. The second-order valence-corrected chi connectivity index (χ2v) is 5.41. The largest absolute Gasteiger partial charge is 0.392 e. The van der Waals surface area contributed by atoms with Gasteiger partial charge in [0.05, 0.1) is 13.2 Å². The Bertz CT molecular complexity index is 756. The van der Waals surface area contributed by atoms with Crippen LogP contribution in [0.1, 0.15) is 11.1 Å². The minimum atomic E-state index is -0.161. The minimum absolute atomic E-state index is 0.113. The van der Waals surface area contributed by atoms with Crippen LogP contribution in [0.2, 0.25) is 0 Å². The van der Waals surface area contributed by atoms with Crippen molar-refractivity contribution in [2.24, 2.45) is 0 Å². The normalized spacial score (nSPS) is 11.3. The van der Waals surface area contributed by atoms with Crippen molar-refractivity contribution in [2.75, 3.05) is 0 Å². The first-order valence-corrected chi connectivity index (χ1v) is 6.76. The van der Waals surface area contributed by atoms with E-state index in [1.807, 2.05) is 24.3 Å². The molecule has 0 bridgehead atoms. The molecular formula is C15H12O3S. The molecule has 0 fully saturated rings. The Morgan fingerprint density at radius 2 is 1.32 bits per heavy atom. The highest BCUT2D eigenvalue weighted by Crippen LogP contribution is 2.28. The molecule has 0 atom stereocenters. The minimum Gasteiger partial charge on any atom is -0.392 e. The van der Waals surface area contributed by atoms with Gasteiger partial charge in [-0.1, -0.05) is 24.3 Å². The van der Waals surface area contributed by atoms with Gasteiger partial charge in [0.2, 0.25) is 0 Å². The van der Waals surface area contributed by atoms with E-state index >= 15 is 0 Å². The molecule has 3 rings (SSSR count). The van der Waals surface area contributed by atoms with Gasteiger partial charge in [0.25, 0.3) is 0 Å². The molecule has 0 unspecified atom stereocenters. The molecule has 0 saturated carbocycles. The molecule has 4 heteroatoms. The summed E-state index contributed by atoms with van der Waals surface area (Å²) in [5.41, 5.74) is 1.15. The number of aliphatic hydroxyl groups is 2. The van der Waals surface area contributed by atoms with Crippen LogP contribution in [0.15, 0.2) is 41.2 Å². The maximum absolute atomic E-state index is 12.6. The van der Waals surface area contributed by atoms with E-state index in [0.29, 0.717) is 21.9 Å². The van der Waals surface area contributed by atoms with Crippen molar-refractivity contribution in [3.05, 3.63) is 57.7 Å². The summed E-state index contributed by atoms with van der Waals surface area (Å²) in [5.74, 6) is 0. The van der Waals surface area contributed by atoms with Gasteiger partial charge in [-0.15, -0.1) is 11.3 Å². The molecule has 0 aliphatic rings. The predicted octanol–water partition coefficient (Wildman–Crippen LogP) is 2.40. The first kappa shape index (κ1) is 12.3. The summed E-state index contributed by atoms with van der Waals surface area (Å²) in [7, 11) is 0. The van der Waals surface area contributed by atoms with E-state index in [-0.39, 0.29) is 18.6 Å². The number of aliphatic hydroxyl groups excluding tert-OH is 2. The van der Waals surface area contributed by atoms with Crippen molar-refractivity contribution in [3.63, 3.8) is 0 Å². The van der Waals surface area contributed by atoms with Crippen molar-refractivity contribution in [1.29, 1.82) is 0 Å². The molecule has 96 valence electrons. The van der Waals surface area contributed by atoms with Crippen molar-refractivity contribution in [1.82, 2.24) is 0 Å². The third-order valence-electron chi connectivity index (χ3n) is 3.24. The van der Waals surface area contributed by atoms with Crippen molar-refractivity contribution in [3.8, 4) is 0 Å². The first-order chi connectivity index (χ1) is 9.26. The molecule has 1 heterocycles. The zero-order valence-electron chi connectivity index (χ0n) is 10.1. The average Bonchev–Trinajstić information content (AvgIpc) is 2.45. The lowest BCUT2D eigenvalue weighted by molar-refractivity contribution is 0.283. The monoisotopic (exact) mass is 272 g/mol. The second-order valence-electron chi connectivity index (χ2n) is 4.33. The van der Waals surface area contributed by atoms with E-state index in [4.69, 9.17) is 0 Å². The Morgan fingerprint density at radius 3 is 1.74 bits per heavy atom. The molecule has 2 aromatic carbocycles. The highest BCUT2D eigenvalue weighted by atomic mass is 32.1. The van der Waals surface area contributed by atoms with Crippen LogP contribution in [0.5, 0.6) is 0 Å². The molecule has 3 nitrogen and oxygen atoms in total. The molecule has 19 heavy (non-hydrogen) atoms. The predicted molar refractivity (Wildman–Crippen MR) is 77.4 cm³/mol. The van der Waals surface area contributed by atoms with Crippen LogP contribution in [0, 0.1) is 0 Å². The fourth-order valence-electron chi connectivity index (χ4n) is 2.35. The van der Waals surface area contributed by atoms with Gasteiger partial charge in [-0.3, -0.25) is 4.79 Å². The maximum atomic E-state index is 12.6. The van der Waals surface area contributed by atoms with E-state index in [2.05, 4.69) is 0 Å². The van der Waals surface area contributed by atoms with Gasteiger partial charge >= 0.3 is 0 Å². The molecule has 2 N–H and O–H groups in total. The van der Waals surface area contributed by atoms with Gasteiger partial charge in [0.1, 0.15) is 0 Å². The van der Waals surface area contributed by atoms with Crippen molar-refractivity contribution < 1.29 is 10.2 Å². The standard InChI is InChI=1S/C15H12O3S/c16-7-9-3-1-5-11-13(9)15(18)14-10(8-17)4-2-6-12(14)19-11/h1-6,16-17H,7-8H2.